The molecule has 0 radical (unpaired) electrons. The molecule has 0 aromatic carbocycles. The van der Waals surface area contributed by atoms with Crippen molar-refractivity contribution in [1.29, 1.82) is 0 Å². The Hall–Kier alpha value is -0.920. The first kappa shape index (κ1) is 18.1. The van der Waals surface area contributed by atoms with Crippen molar-refractivity contribution in [2.24, 2.45) is 11.1 Å². The molecule has 0 aliphatic carbocycles. The first-order valence-electron chi connectivity index (χ1n) is 6.61. The van der Waals surface area contributed by atoms with Gasteiger partial charge in [0.05, 0.1) is 15.2 Å². The SMILES string of the molecule is CN(CC(C)(C)CN)C(=O)CN(C)C(=O)c1ccc(Br)s1. The number of nitrogens with zero attached hydrogens (tertiary/aromatic N) is 2. The molecule has 1 aromatic rings. The van der Waals surface area contributed by atoms with Gasteiger partial charge in [0, 0.05) is 20.6 Å². The standard InChI is InChI=1S/C14H22BrN3O2S/c1-14(2,8-16)9-18(4)12(19)7-17(3)13(20)10-5-6-11(15)21-10/h5-6H,7-9,16H2,1-4H3. The number of halogens is 1. The van der Waals surface area contributed by atoms with Crippen molar-refractivity contribution >= 4 is 39.1 Å². The zero-order valence-electron chi connectivity index (χ0n) is 12.9. The summed E-state index contributed by atoms with van der Waals surface area (Å²) in [4.78, 5) is 28.0. The molecule has 0 fully saturated rings. The Morgan fingerprint density at radius 1 is 1.29 bits per heavy atom. The van der Waals surface area contributed by atoms with Gasteiger partial charge in [-0.3, -0.25) is 9.59 Å². The Balaban J connectivity index is 2.59. The van der Waals surface area contributed by atoms with E-state index in [1.54, 1.807) is 25.1 Å². The van der Waals surface area contributed by atoms with E-state index in [1.165, 1.54) is 16.2 Å². The van der Waals surface area contributed by atoms with E-state index >= 15 is 0 Å². The molecule has 0 unspecified atom stereocenters. The fraction of sp³-hybridized carbons (Fsp3) is 0.571. The van der Waals surface area contributed by atoms with Crippen LogP contribution in [-0.4, -0.2) is 55.3 Å². The van der Waals surface area contributed by atoms with Crippen molar-refractivity contribution in [3.63, 3.8) is 0 Å². The van der Waals surface area contributed by atoms with Crippen molar-refractivity contribution in [3.05, 3.63) is 20.8 Å². The van der Waals surface area contributed by atoms with Crippen LogP contribution in [-0.2, 0) is 4.79 Å². The maximum Gasteiger partial charge on any atom is 0.264 e. The first-order valence-corrected chi connectivity index (χ1v) is 8.22. The van der Waals surface area contributed by atoms with Crippen LogP contribution in [0.15, 0.2) is 15.9 Å². The predicted molar refractivity (Wildman–Crippen MR) is 89.5 cm³/mol. The van der Waals surface area contributed by atoms with E-state index in [0.717, 1.165) is 3.79 Å². The Kier molecular flexibility index (Phi) is 6.37. The van der Waals surface area contributed by atoms with Crippen LogP contribution in [0.2, 0.25) is 0 Å². The smallest absolute Gasteiger partial charge is 0.264 e. The van der Waals surface area contributed by atoms with Crippen LogP contribution in [0.25, 0.3) is 0 Å². The van der Waals surface area contributed by atoms with Gasteiger partial charge in [-0.05, 0) is 40.0 Å². The maximum absolute atomic E-state index is 12.2. The molecule has 0 saturated carbocycles. The molecule has 0 aliphatic rings. The minimum Gasteiger partial charge on any atom is -0.344 e. The molecule has 0 spiro atoms. The lowest BCUT2D eigenvalue weighted by Gasteiger charge is -2.30. The van der Waals surface area contributed by atoms with Crippen molar-refractivity contribution in [1.82, 2.24) is 9.80 Å². The molecular weight excluding hydrogens is 354 g/mol. The highest BCUT2D eigenvalue weighted by atomic mass is 79.9. The summed E-state index contributed by atoms with van der Waals surface area (Å²) in [5, 5.41) is 0. The van der Waals surface area contributed by atoms with E-state index in [9.17, 15) is 9.59 Å². The zero-order chi connectivity index (χ0) is 16.2. The molecule has 0 aliphatic heterocycles. The lowest BCUT2D eigenvalue weighted by Crippen LogP contribution is -2.44. The van der Waals surface area contributed by atoms with Crippen LogP contribution < -0.4 is 5.73 Å². The van der Waals surface area contributed by atoms with Gasteiger partial charge < -0.3 is 15.5 Å². The lowest BCUT2D eigenvalue weighted by atomic mass is 9.93. The number of carbonyl (C=O) groups excluding carboxylic acids is 2. The molecule has 1 heterocycles. The Morgan fingerprint density at radius 2 is 1.90 bits per heavy atom. The van der Waals surface area contributed by atoms with Gasteiger partial charge in [0.15, 0.2) is 0 Å². The topological polar surface area (TPSA) is 66.6 Å². The fourth-order valence-electron chi connectivity index (χ4n) is 1.81. The summed E-state index contributed by atoms with van der Waals surface area (Å²) in [6.45, 7) is 5.15. The molecule has 0 bridgehead atoms. The first-order chi connectivity index (χ1) is 9.66. The van der Waals surface area contributed by atoms with Crippen LogP contribution in [0, 0.1) is 5.41 Å². The number of rotatable bonds is 6. The summed E-state index contributed by atoms with van der Waals surface area (Å²) in [6.07, 6.45) is 0. The van der Waals surface area contributed by atoms with E-state index in [0.29, 0.717) is 18.0 Å². The maximum atomic E-state index is 12.2. The fourth-order valence-corrected chi connectivity index (χ4v) is 3.19. The highest BCUT2D eigenvalue weighted by molar-refractivity contribution is 9.11. The molecule has 21 heavy (non-hydrogen) atoms. The van der Waals surface area contributed by atoms with Gasteiger partial charge in [-0.25, -0.2) is 0 Å². The molecule has 5 nitrogen and oxygen atoms in total. The summed E-state index contributed by atoms with van der Waals surface area (Å²) in [5.74, 6) is -0.242. The van der Waals surface area contributed by atoms with Gasteiger partial charge in [0.2, 0.25) is 5.91 Å². The summed E-state index contributed by atoms with van der Waals surface area (Å²) in [5.41, 5.74) is 5.54. The third kappa shape index (κ3) is 5.41. The second-order valence-electron chi connectivity index (χ2n) is 5.88. The molecule has 7 heteroatoms. The second kappa shape index (κ2) is 7.38. The third-order valence-corrected chi connectivity index (χ3v) is 4.76. The number of nitrogens with two attached hydrogens (primary N) is 1. The van der Waals surface area contributed by atoms with Crippen LogP contribution >= 0.6 is 27.3 Å². The molecule has 1 rings (SSSR count). The van der Waals surface area contributed by atoms with Gasteiger partial charge >= 0.3 is 0 Å². The summed E-state index contributed by atoms with van der Waals surface area (Å²) < 4.78 is 0.896. The number of hydrogen-bond acceptors (Lipinski definition) is 4. The van der Waals surface area contributed by atoms with Crippen molar-refractivity contribution < 1.29 is 9.59 Å². The quantitative estimate of drug-likeness (QED) is 0.826. The number of likely N-dealkylation sites (N-methyl/N-ethyl adjacent to an activating group) is 2. The van der Waals surface area contributed by atoms with Crippen molar-refractivity contribution in [2.45, 2.75) is 13.8 Å². The minimum absolute atomic E-state index is 0.0610. The van der Waals surface area contributed by atoms with Crippen LogP contribution in [0.1, 0.15) is 23.5 Å². The van der Waals surface area contributed by atoms with Crippen molar-refractivity contribution in [2.75, 3.05) is 33.7 Å². The molecule has 118 valence electrons. The second-order valence-corrected chi connectivity index (χ2v) is 8.35. The number of amides is 2. The van der Waals surface area contributed by atoms with Crippen LogP contribution in [0.4, 0.5) is 0 Å². The van der Waals surface area contributed by atoms with Crippen molar-refractivity contribution in [3.8, 4) is 0 Å². The number of thiophene rings is 1. The van der Waals surface area contributed by atoms with E-state index in [2.05, 4.69) is 15.9 Å². The molecule has 0 saturated heterocycles. The van der Waals surface area contributed by atoms with Crippen LogP contribution in [0.3, 0.4) is 0 Å². The average Bonchev–Trinajstić information content (AvgIpc) is 2.83. The summed E-state index contributed by atoms with van der Waals surface area (Å²) in [6, 6.07) is 3.57. The predicted octanol–water partition coefficient (Wildman–Crippen LogP) is 2.03. The Morgan fingerprint density at radius 3 is 2.38 bits per heavy atom. The van der Waals surface area contributed by atoms with Gasteiger partial charge in [-0.1, -0.05) is 13.8 Å². The van der Waals surface area contributed by atoms with Gasteiger partial charge in [-0.15, -0.1) is 11.3 Å². The van der Waals surface area contributed by atoms with E-state index in [4.69, 9.17) is 5.73 Å². The van der Waals surface area contributed by atoms with Gasteiger partial charge in [-0.2, -0.15) is 0 Å². The normalized spacial score (nSPS) is 11.3. The highest BCUT2D eigenvalue weighted by Crippen LogP contribution is 2.23. The Labute approximate surface area is 138 Å². The van der Waals surface area contributed by atoms with E-state index in [-0.39, 0.29) is 23.8 Å². The van der Waals surface area contributed by atoms with Gasteiger partial charge in [0.1, 0.15) is 0 Å². The van der Waals surface area contributed by atoms with Crippen LogP contribution in [0.5, 0.6) is 0 Å². The summed E-state index contributed by atoms with van der Waals surface area (Å²) in [7, 11) is 3.37. The molecule has 1 aromatic heterocycles. The molecular formula is C14H22BrN3O2S. The highest BCUT2D eigenvalue weighted by Gasteiger charge is 2.23. The zero-order valence-corrected chi connectivity index (χ0v) is 15.3. The monoisotopic (exact) mass is 375 g/mol. The average molecular weight is 376 g/mol. The lowest BCUT2D eigenvalue weighted by molar-refractivity contribution is -0.131. The van der Waals surface area contributed by atoms with E-state index < -0.39 is 0 Å². The minimum atomic E-state index is -0.148. The number of carbonyl (C=O) groups is 2. The van der Waals surface area contributed by atoms with Gasteiger partial charge in [0.25, 0.3) is 5.91 Å². The Bertz CT molecular complexity index is 516. The largest absolute Gasteiger partial charge is 0.344 e. The summed E-state index contributed by atoms with van der Waals surface area (Å²) >= 11 is 4.68. The molecule has 0 atom stereocenters. The molecule has 2 N–H and O–H groups in total. The van der Waals surface area contributed by atoms with E-state index in [1.807, 2.05) is 19.9 Å². The number of hydrogen-bond donors (Lipinski definition) is 1. The third-order valence-electron chi connectivity index (χ3n) is 3.15. The molecule has 2 amide bonds.